The third-order valence-electron chi connectivity index (χ3n) is 7.89. The number of tetrazole rings is 1. The highest BCUT2D eigenvalue weighted by Gasteiger charge is 2.49. The molecule has 2 aliphatic rings. The van der Waals surface area contributed by atoms with Gasteiger partial charge in [0.25, 0.3) is 5.91 Å². The van der Waals surface area contributed by atoms with Gasteiger partial charge in [-0.15, -0.1) is 15.0 Å². The van der Waals surface area contributed by atoms with Crippen LogP contribution in [-0.2, 0) is 32.4 Å². The van der Waals surface area contributed by atoms with E-state index in [2.05, 4.69) is 27.2 Å². The van der Waals surface area contributed by atoms with E-state index in [9.17, 15) is 9.59 Å². The summed E-state index contributed by atoms with van der Waals surface area (Å²) in [6, 6.07) is 15.9. The number of nitrogens with zero attached hydrogens (tertiary/aromatic N) is 7. The monoisotopic (exact) mass is 653 g/mol. The molecule has 1 aromatic heterocycles. The molecule has 15 heteroatoms. The fourth-order valence-corrected chi connectivity index (χ4v) is 6.22. The van der Waals surface area contributed by atoms with E-state index in [1.54, 1.807) is 0 Å². The van der Waals surface area contributed by atoms with Crippen LogP contribution >= 0.6 is 11.8 Å². The number of hydrogen-bond donors (Lipinski definition) is 2. The van der Waals surface area contributed by atoms with Gasteiger partial charge in [0.2, 0.25) is 12.6 Å². The summed E-state index contributed by atoms with van der Waals surface area (Å²) in [5, 5.41) is 29.1. The quantitative estimate of drug-likeness (QED) is 0.119. The maximum absolute atomic E-state index is 13.5. The number of rotatable bonds is 16. The van der Waals surface area contributed by atoms with Crippen molar-refractivity contribution in [3.8, 4) is 22.5 Å². The fraction of sp³-hybridized carbons (Fsp3) is 0.484. The van der Waals surface area contributed by atoms with Gasteiger partial charge in [0, 0.05) is 23.5 Å². The summed E-state index contributed by atoms with van der Waals surface area (Å²) in [6.45, 7) is 2.59. The van der Waals surface area contributed by atoms with Crippen molar-refractivity contribution in [3.63, 3.8) is 0 Å². The summed E-state index contributed by atoms with van der Waals surface area (Å²) < 4.78 is 10.1. The zero-order valence-electron chi connectivity index (χ0n) is 25.8. The van der Waals surface area contributed by atoms with E-state index < -0.39 is 11.7 Å². The minimum absolute atomic E-state index is 0.0912. The summed E-state index contributed by atoms with van der Waals surface area (Å²) in [4.78, 5) is 38.0. The highest BCUT2D eigenvalue weighted by Crippen LogP contribution is 2.40. The Kier molecular flexibility index (Phi) is 11.7. The number of amides is 1. The van der Waals surface area contributed by atoms with Crippen LogP contribution in [0.3, 0.4) is 0 Å². The van der Waals surface area contributed by atoms with E-state index in [4.69, 9.17) is 24.9 Å². The summed E-state index contributed by atoms with van der Waals surface area (Å²) >= 11 is 1.40. The molecule has 1 fully saturated rings. The Balaban J connectivity index is 1.17. The Labute approximate surface area is 271 Å². The zero-order chi connectivity index (χ0) is 32.4. The van der Waals surface area contributed by atoms with Crippen molar-refractivity contribution in [2.45, 2.75) is 70.7 Å². The Hall–Kier alpha value is -3.89. The molecule has 3 aromatic rings. The third-order valence-corrected chi connectivity index (χ3v) is 8.80. The molecule has 46 heavy (non-hydrogen) atoms. The summed E-state index contributed by atoms with van der Waals surface area (Å²) in [5.41, 5.74) is 3.14. The normalized spacial score (nSPS) is 15.6. The van der Waals surface area contributed by atoms with Crippen molar-refractivity contribution in [1.29, 1.82) is 0 Å². The van der Waals surface area contributed by atoms with E-state index in [0.717, 1.165) is 73.0 Å². The topological polar surface area (TPSA) is 165 Å². The number of thioether (sulfide) groups is 1. The highest BCUT2D eigenvalue weighted by molar-refractivity contribution is 7.99. The van der Waals surface area contributed by atoms with Crippen molar-refractivity contribution < 1.29 is 34.3 Å². The first-order chi connectivity index (χ1) is 22.4. The molecule has 1 aliphatic carbocycles. The number of unbranched alkanes of at least 4 members (excludes halogenated alkanes) is 1. The molecule has 1 aliphatic heterocycles. The second kappa shape index (κ2) is 16.1. The Morgan fingerprint density at radius 2 is 1.76 bits per heavy atom. The van der Waals surface area contributed by atoms with Crippen LogP contribution in [-0.4, -0.2) is 89.1 Å². The number of ether oxygens (including phenoxy) is 2. The Bertz CT molecular complexity index is 1490. The summed E-state index contributed by atoms with van der Waals surface area (Å²) in [6.07, 6.45) is 5.82. The van der Waals surface area contributed by atoms with Crippen LogP contribution in [0.2, 0.25) is 0 Å². The SMILES string of the molecule is CCCCC1=NC2(CCCC2)C(=O)N1Cc1ccc(-c2ccccc2-c2nnn(COC(=O)OCCSCCON(O)O)n2)cc1. The molecule has 246 valence electrons. The molecule has 0 unspecified atom stereocenters. The number of aliphatic imine (C=N–C) groups is 1. The third kappa shape index (κ3) is 8.47. The van der Waals surface area contributed by atoms with Gasteiger partial charge in [-0.25, -0.2) is 9.63 Å². The molecule has 0 radical (unpaired) electrons. The van der Waals surface area contributed by atoms with Gasteiger partial charge < -0.3 is 9.47 Å². The van der Waals surface area contributed by atoms with E-state index in [1.807, 2.05) is 53.4 Å². The molecule has 14 nitrogen and oxygen atoms in total. The van der Waals surface area contributed by atoms with Gasteiger partial charge in [-0.05, 0) is 41.2 Å². The highest BCUT2D eigenvalue weighted by atomic mass is 32.2. The molecule has 1 saturated carbocycles. The van der Waals surface area contributed by atoms with Crippen molar-refractivity contribution >= 4 is 29.7 Å². The van der Waals surface area contributed by atoms with Gasteiger partial charge in [-0.1, -0.05) is 74.7 Å². The standard InChI is InChI=1S/C31H39N7O7S/c1-2-3-10-27-32-31(15-6-7-16-31)29(39)36(27)21-23-11-13-24(14-12-23)25-8-4-5-9-26(25)28-33-35-37(34-28)22-44-30(40)43-17-19-46-20-18-45-38(41)42/h4-5,8-9,11-14,41-42H,2-3,6-7,10,15-22H2,1H3. The van der Waals surface area contributed by atoms with E-state index in [-0.39, 0.29) is 31.2 Å². The number of amidine groups is 1. The molecular formula is C31H39N7O7S. The predicted molar refractivity (Wildman–Crippen MR) is 169 cm³/mol. The molecular weight excluding hydrogens is 614 g/mol. The first-order valence-electron chi connectivity index (χ1n) is 15.4. The van der Waals surface area contributed by atoms with Crippen molar-refractivity contribution in [1.82, 2.24) is 30.5 Å². The Morgan fingerprint density at radius 1 is 1.02 bits per heavy atom. The van der Waals surface area contributed by atoms with Gasteiger partial charge in [0.05, 0.1) is 18.5 Å². The first kappa shape index (κ1) is 33.5. The van der Waals surface area contributed by atoms with Crippen LogP contribution in [0, 0.1) is 0 Å². The number of carbonyl (C=O) groups is 2. The van der Waals surface area contributed by atoms with Crippen molar-refractivity contribution in [3.05, 3.63) is 54.1 Å². The average Bonchev–Trinajstić information content (AvgIpc) is 3.80. The molecule has 2 N–H and O–H groups in total. The molecule has 2 aromatic carbocycles. The van der Waals surface area contributed by atoms with Crippen LogP contribution in [0.1, 0.15) is 57.4 Å². The van der Waals surface area contributed by atoms with Gasteiger partial charge in [-0.2, -0.15) is 11.8 Å². The van der Waals surface area contributed by atoms with Crippen LogP contribution in [0.5, 0.6) is 0 Å². The first-order valence-corrected chi connectivity index (χ1v) is 16.6. The van der Waals surface area contributed by atoms with Crippen molar-refractivity contribution in [2.75, 3.05) is 24.7 Å². The van der Waals surface area contributed by atoms with Gasteiger partial charge >= 0.3 is 6.16 Å². The fourth-order valence-electron chi connectivity index (χ4n) is 5.62. The molecule has 2 heterocycles. The molecule has 0 saturated heterocycles. The van der Waals surface area contributed by atoms with E-state index in [0.29, 0.717) is 23.9 Å². The summed E-state index contributed by atoms with van der Waals surface area (Å²) in [5.74, 6) is 2.40. The number of benzene rings is 2. The minimum atomic E-state index is -0.870. The lowest BCUT2D eigenvalue weighted by Gasteiger charge is -2.23. The van der Waals surface area contributed by atoms with E-state index in [1.165, 1.54) is 16.6 Å². The molecule has 1 spiro atoms. The maximum Gasteiger partial charge on any atom is 0.510 e. The number of carbonyl (C=O) groups excluding carboxylic acids is 2. The lowest BCUT2D eigenvalue weighted by atomic mass is 9.97. The van der Waals surface area contributed by atoms with Crippen LogP contribution < -0.4 is 0 Å². The molecule has 1 amide bonds. The lowest BCUT2D eigenvalue weighted by molar-refractivity contribution is -0.490. The molecule has 5 rings (SSSR count). The second-order valence-electron chi connectivity index (χ2n) is 11.1. The smallest absolute Gasteiger partial charge is 0.433 e. The molecule has 0 atom stereocenters. The van der Waals surface area contributed by atoms with Gasteiger partial charge in [0.15, 0.2) is 0 Å². The van der Waals surface area contributed by atoms with Gasteiger partial charge in [-0.3, -0.25) is 25.1 Å². The lowest BCUT2D eigenvalue weighted by Crippen LogP contribution is -2.40. The summed E-state index contributed by atoms with van der Waals surface area (Å²) in [7, 11) is 0. The number of aromatic nitrogens is 4. The Morgan fingerprint density at radius 3 is 2.50 bits per heavy atom. The van der Waals surface area contributed by atoms with Crippen LogP contribution in [0.15, 0.2) is 53.5 Å². The van der Waals surface area contributed by atoms with Gasteiger partial charge in [0.1, 0.15) is 18.0 Å². The second-order valence-corrected chi connectivity index (χ2v) is 12.3. The van der Waals surface area contributed by atoms with Crippen molar-refractivity contribution in [2.24, 2.45) is 4.99 Å². The average molecular weight is 654 g/mol. The van der Waals surface area contributed by atoms with E-state index >= 15 is 0 Å². The van der Waals surface area contributed by atoms with Crippen LogP contribution in [0.4, 0.5) is 4.79 Å². The zero-order valence-corrected chi connectivity index (χ0v) is 26.6. The minimum Gasteiger partial charge on any atom is -0.433 e. The molecule has 0 bridgehead atoms. The maximum atomic E-state index is 13.5. The number of hydrogen-bond acceptors (Lipinski definition) is 13. The van der Waals surface area contributed by atoms with Crippen LogP contribution in [0.25, 0.3) is 22.5 Å². The predicted octanol–water partition coefficient (Wildman–Crippen LogP) is 5.11. The largest absolute Gasteiger partial charge is 0.510 e.